The van der Waals surface area contributed by atoms with Crippen molar-refractivity contribution < 1.29 is 44.2 Å². The molecule has 4 aliphatic rings. The Morgan fingerprint density at radius 2 is 1.70 bits per heavy atom. The average Bonchev–Trinajstić information content (AvgIpc) is 3.19. The minimum Gasteiger partial charge on any atom is -0.400 e. The van der Waals surface area contributed by atoms with Crippen LogP contribution < -0.4 is 0 Å². The summed E-state index contributed by atoms with van der Waals surface area (Å²) in [4.78, 5) is 28.1. The summed E-state index contributed by atoms with van der Waals surface area (Å²) in [5.41, 5.74) is 2.66. The van der Waals surface area contributed by atoms with E-state index in [1.165, 1.54) is 30.4 Å². The summed E-state index contributed by atoms with van der Waals surface area (Å²) in [7, 11) is 6.49. The van der Waals surface area contributed by atoms with Gasteiger partial charge in [0.1, 0.15) is 15.7 Å². The van der Waals surface area contributed by atoms with Crippen molar-refractivity contribution in [3.8, 4) is 0 Å². The molecule has 314 valence electrons. The zero-order chi connectivity index (χ0) is 40.8. The Labute approximate surface area is 331 Å². The average molecular weight is 784 g/mol. The van der Waals surface area contributed by atoms with Crippen LogP contribution in [0.3, 0.4) is 0 Å². The monoisotopic (exact) mass is 784 g/mol. The molecule has 3 heterocycles. The van der Waals surface area contributed by atoms with Crippen molar-refractivity contribution in [2.45, 2.75) is 174 Å². The molecule has 8 atom stereocenters. The lowest BCUT2D eigenvalue weighted by atomic mass is 9.84. The minimum atomic E-state index is -1.76. The number of hydrogen-bond donors (Lipinski definition) is 4. The van der Waals surface area contributed by atoms with E-state index in [-0.39, 0.29) is 40.0 Å². The van der Waals surface area contributed by atoms with Crippen LogP contribution in [0, 0.1) is 17.8 Å². The van der Waals surface area contributed by atoms with E-state index in [9.17, 15) is 19.8 Å². The van der Waals surface area contributed by atoms with Crippen LogP contribution in [0.15, 0.2) is 23.3 Å². The van der Waals surface area contributed by atoms with Crippen LogP contribution in [0.5, 0.6) is 0 Å². The van der Waals surface area contributed by atoms with Crippen molar-refractivity contribution in [2.75, 3.05) is 35.0 Å². The van der Waals surface area contributed by atoms with Gasteiger partial charge in [0.25, 0.3) is 5.91 Å². The first-order valence-corrected chi connectivity index (χ1v) is 21.4. The Kier molecular flexibility index (Phi) is 25.2. The van der Waals surface area contributed by atoms with Crippen LogP contribution >= 0.6 is 10.9 Å². The van der Waals surface area contributed by atoms with Crippen molar-refractivity contribution in [2.24, 2.45) is 17.8 Å². The summed E-state index contributed by atoms with van der Waals surface area (Å²) in [6.07, 6.45) is 18.8. The number of hydrogen-bond acceptors (Lipinski definition) is 8. The number of amides is 1. The number of aliphatic hydroxyl groups is 4. The largest absolute Gasteiger partial charge is 0.400 e. The van der Waals surface area contributed by atoms with Gasteiger partial charge in [-0.25, -0.2) is 0 Å². The number of nitrogens with zero attached hydrogens (tertiary/aromatic N) is 1. The van der Waals surface area contributed by atoms with E-state index < -0.39 is 5.79 Å². The van der Waals surface area contributed by atoms with E-state index in [1.807, 2.05) is 27.9 Å². The molecule has 1 saturated carbocycles. The standard InChI is InChI=1S/C39H63NO7S.C2H6.2CH4O/c1-26(17-19-31(41)20-18-27(2)22-28(3)23-30-13-11-14-32(25-30)45-5)12-7-8-16-34-35(46-6)24-29(4)39(44,47-34)36-37(42)40-21-10-9-15-33(40)38(43)48-36;3*1-2/h17,23,27,29-30,32-35,43-44H,7-16,18-22,24-25H2,1-6H3;1-2H3;2*2H,1H3/b26-17+,28-23+;;;/t27-,29?,30+,32+,33+,34?,35+,39-;;;/m1.../s1. The van der Waals surface area contributed by atoms with E-state index in [0.29, 0.717) is 56.0 Å². The number of carbonyl (C=O) groups is 2. The number of ketones is 1. The normalized spacial score (nSPS) is 29.3. The molecule has 0 aromatic carbocycles. The third-order valence-electron chi connectivity index (χ3n) is 11.2. The van der Waals surface area contributed by atoms with Gasteiger partial charge in [-0.15, -0.1) is 10.9 Å². The number of piperidine rings is 1. The lowest BCUT2D eigenvalue weighted by molar-refractivity contribution is -0.265. The molecule has 0 aromatic heterocycles. The van der Waals surface area contributed by atoms with Gasteiger partial charge in [-0.05, 0) is 103 Å². The van der Waals surface area contributed by atoms with Crippen molar-refractivity contribution in [1.29, 1.82) is 0 Å². The van der Waals surface area contributed by atoms with Crippen LogP contribution in [0.4, 0.5) is 0 Å². The molecule has 1 aliphatic carbocycles. The first-order chi connectivity index (χ1) is 25.9. The Balaban J connectivity index is 0.00000231. The second kappa shape index (κ2) is 27.0. The number of ether oxygens (including phenoxy) is 3. The Morgan fingerprint density at radius 3 is 2.37 bits per heavy atom. The smallest absolute Gasteiger partial charge is 0.266 e. The lowest BCUT2D eigenvalue weighted by Gasteiger charge is -2.47. The maximum absolute atomic E-state index is 13.5. The number of methoxy groups -OCH3 is 2. The first kappa shape index (κ1) is 50.3. The molecular formula is C43H77NO9S. The van der Waals surface area contributed by atoms with E-state index in [2.05, 4.69) is 32.9 Å². The molecule has 10 nitrogen and oxygen atoms in total. The number of Topliss-reactive ketones (excluding diaryl/α,β-unsaturated/α-hetero) is 1. The molecule has 4 N–H and O–H groups in total. The number of unbranched alkanes of at least 4 members (excludes halogenated alkanes) is 1. The van der Waals surface area contributed by atoms with Gasteiger partial charge < -0.3 is 39.5 Å². The van der Waals surface area contributed by atoms with Gasteiger partial charge in [0.05, 0.1) is 24.4 Å². The van der Waals surface area contributed by atoms with Gasteiger partial charge in [-0.2, -0.15) is 0 Å². The quantitative estimate of drug-likeness (QED) is 0.0701. The van der Waals surface area contributed by atoms with Crippen molar-refractivity contribution in [3.05, 3.63) is 23.3 Å². The fourth-order valence-corrected chi connectivity index (χ4v) is 9.37. The van der Waals surface area contributed by atoms with Gasteiger partial charge in [-0.1, -0.05) is 63.8 Å². The van der Waals surface area contributed by atoms with Crippen molar-refractivity contribution >= 4 is 32.5 Å². The molecule has 1 amide bonds. The van der Waals surface area contributed by atoms with Crippen LogP contribution in [-0.2, 0) is 23.8 Å². The summed E-state index contributed by atoms with van der Waals surface area (Å²) >= 11 is 0. The molecule has 0 spiro atoms. The second-order valence-electron chi connectivity index (χ2n) is 15.2. The number of aliphatic hydroxyl groups excluding tert-OH is 3. The highest BCUT2D eigenvalue weighted by atomic mass is 32.1. The maximum Gasteiger partial charge on any atom is 0.266 e. The molecule has 2 unspecified atom stereocenters. The highest BCUT2D eigenvalue weighted by Crippen LogP contribution is 2.39. The maximum atomic E-state index is 13.5. The number of allylic oxidation sites excluding steroid dienone is 4. The summed E-state index contributed by atoms with van der Waals surface area (Å²) in [5, 5.41) is 36.8. The summed E-state index contributed by atoms with van der Waals surface area (Å²) in [6.45, 7) is 13.1. The summed E-state index contributed by atoms with van der Waals surface area (Å²) in [5.74, 6) is -0.929. The molecule has 3 aliphatic heterocycles. The van der Waals surface area contributed by atoms with Crippen molar-refractivity contribution in [3.63, 3.8) is 0 Å². The van der Waals surface area contributed by atoms with Gasteiger partial charge >= 0.3 is 0 Å². The van der Waals surface area contributed by atoms with Gasteiger partial charge in [0, 0.05) is 53.7 Å². The minimum absolute atomic E-state index is 0.174. The topological polar surface area (TPSA) is 146 Å². The number of carbonyl (C=O) groups excluding carboxylic acids is 2. The third-order valence-corrected chi connectivity index (χ3v) is 12.3. The zero-order valence-corrected chi connectivity index (χ0v) is 36.2. The van der Waals surface area contributed by atoms with Crippen molar-refractivity contribution in [1.82, 2.24) is 4.90 Å². The predicted octanol–water partition coefficient (Wildman–Crippen LogP) is 7.77. The molecule has 4 rings (SSSR count). The molecule has 2 saturated heterocycles. The van der Waals surface area contributed by atoms with Gasteiger partial charge in [0.15, 0.2) is 0 Å². The fourth-order valence-electron chi connectivity index (χ4n) is 8.17. The van der Waals surface area contributed by atoms with Crippen LogP contribution in [-0.4, -0.2) is 112 Å². The first-order valence-electron chi connectivity index (χ1n) is 20.6. The van der Waals surface area contributed by atoms with E-state index >= 15 is 0 Å². The van der Waals surface area contributed by atoms with Gasteiger partial charge in [-0.3, -0.25) is 9.59 Å². The van der Waals surface area contributed by atoms with Crippen LogP contribution in [0.1, 0.15) is 144 Å². The molecular weight excluding hydrogens is 707 g/mol. The van der Waals surface area contributed by atoms with E-state index in [4.69, 9.17) is 24.4 Å². The fraction of sp³-hybridized carbons (Fsp3) is 0.814. The Bertz CT molecular complexity index is 1250. The molecule has 54 heavy (non-hydrogen) atoms. The lowest BCUT2D eigenvalue weighted by Crippen LogP contribution is -2.63. The highest BCUT2D eigenvalue weighted by Gasteiger charge is 2.53. The van der Waals surface area contributed by atoms with Crippen LogP contribution in [0.2, 0.25) is 0 Å². The summed E-state index contributed by atoms with van der Waals surface area (Å²) < 4.78 is 17.7. The highest BCUT2D eigenvalue weighted by molar-refractivity contribution is 7.99. The number of fused-ring (bicyclic) bond motifs is 1. The van der Waals surface area contributed by atoms with E-state index in [1.54, 1.807) is 12.0 Å². The SMILES string of the molecule is CC.CO.CO.CO[C@H]1CCC[C@@H](/C=C(\C)C[C@H](C)CCC(=O)C/C=C(\C)CCCCC2O[C@@](O)(C3=S=C(O)[C@@H]4CCCCN4C3=O)C(C)C[C@@H]2OC)C1. The second-order valence-corrected chi connectivity index (χ2v) is 16.3. The molecule has 0 aromatic rings. The Hall–Kier alpha value is -1.70. The predicted molar refractivity (Wildman–Crippen MR) is 223 cm³/mol. The molecule has 11 heteroatoms. The zero-order valence-electron chi connectivity index (χ0n) is 35.4. The van der Waals surface area contributed by atoms with Crippen LogP contribution in [0.25, 0.3) is 0 Å². The molecule has 0 radical (unpaired) electrons. The third kappa shape index (κ3) is 15.3. The summed E-state index contributed by atoms with van der Waals surface area (Å²) in [6, 6.07) is -0.284. The van der Waals surface area contributed by atoms with Gasteiger partial charge in [0.2, 0.25) is 5.79 Å². The molecule has 0 bridgehead atoms. The Morgan fingerprint density at radius 1 is 1.00 bits per heavy atom. The molecule has 3 fully saturated rings. The number of rotatable bonds is 16. The van der Waals surface area contributed by atoms with E-state index in [0.717, 1.165) is 82.9 Å².